The van der Waals surface area contributed by atoms with Crippen molar-refractivity contribution in [2.75, 3.05) is 5.32 Å². The fraction of sp³-hybridized carbons (Fsp3) is 0.312. The van der Waals surface area contributed by atoms with Crippen LogP contribution in [-0.4, -0.2) is 16.2 Å². The van der Waals surface area contributed by atoms with Crippen molar-refractivity contribution in [1.29, 1.82) is 0 Å². The van der Waals surface area contributed by atoms with Crippen LogP contribution in [0.25, 0.3) is 11.1 Å². The molecule has 5 heteroatoms. The molecule has 2 aromatic heterocycles. The number of aliphatic hydroxyl groups excluding tert-OH is 1. The molecular formula is C16H16N2O2S. The Hall–Kier alpha value is -1.85. The lowest BCUT2D eigenvalue weighted by Gasteiger charge is -2.37. The van der Waals surface area contributed by atoms with Crippen molar-refractivity contribution >= 4 is 28.5 Å². The van der Waals surface area contributed by atoms with Crippen molar-refractivity contribution in [1.82, 2.24) is 4.98 Å². The molecule has 0 spiro atoms. The number of fused-ring (bicyclic) bond motifs is 1. The van der Waals surface area contributed by atoms with Gasteiger partial charge in [0.2, 0.25) is 0 Å². The van der Waals surface area contributed by atoms with E-state index in [1.165, 1.54) is 4.88 Å². The lowest BCUT2D eigenvalue weighted by molar-refractivity contribution is 0.0341. The molecule has 0 unspecified atom stereocenters. The van der Waals surface area contributed by atoms with E-state index < -0.39 is 0 Å². The lowest BCUT2D eigenvalue weighted by Crippen LogP contribution is -2.35. The highest BCUT2D eigenvalue weighted by Crippen LogP contribution is 2.41. The van der Waals surface area contributed by atoms with E-state index in [1.54, 1.807) is 11.3 Å². The molecule has 1 saturated carbocycles. The van der Waals surface area contributed by atoms with Gasteiger partial charge in [-0.1, -0.05) is 18.2 Å². The first-order chi connectivity index (χ1) is 10.3. The van der Waals surface area contributed by atoms with Crippen molar-refractivity contribution in [3.63, 3.8) is 0 Å². The summed E-state index contributed by atoms with van der Waals surface area (Å²) in [4.78, 5) is 5.75. The Morgan fingerprint density at radius 2 is 2.10 bits per heavy atom. The van der Waals surface area contributed by atoms with E-state index in [2.05, 4.69) is 27.8 Å². The highest BCUT2D eigenvalue weighted by molar-refractivity contribution is 7.10. The number of oxazole rings is 1. The maximum absolute atomic E-state index is 9.58. The van der Waals surface area contributed by atoms with E-state index in [1.807, 2.05) is 24.3 Å². The molecule has 1 aromatic carbocycles. The molecule has 21 heavy (non-hydrogen) atoms. The Balaban J connectivity index is 1.61. The third kappa shape index (κ3) is 2.43. The summed E-state index contributed by atoms with van der Waals surface area (Å²) in [5, 5.41) is 15.1. The van der Waals surface area contributed by atoms with E-state index in [-0.39, 0.29) is 12.1 Å². The van der Waals surface area contributed by atoms with Crippen LogP contribution < -0.4 is 5.32 Å². The summed E-state index contributed by atoms with van der Waals surface area (Å²) in [6.45, 7) is 0. The molecule has 3 aromatic rings. The second-order valence-electron chi connectivity index (χ2n) is 5.51. The first-order valence-corrected chi connectivity index (χ1v) is 8.01. The van der Waals surface area contributed by atoms with E-state index in [0.717, 1.165) is 23.9 Å². The number of nitrogens with one attached hydrogen (secondary N) is 1. The summed E-state index contributed by atoms with van der Waals surface area (Å²) in [5.41, 5.74) is 1.65. The minimum absolute atomic E-state index is 0.154. The second-order valence-corrected chi connectivity index (χ2v) is 6.49. The number of hydrogen-bond donors (Lipinski definition) is 2. The highest BCUT2D eigenvalue weighted by Gasteiger charge is 2.36. The van der Waals surface area contributed by atoms with Crippen molar-refractivity contribution < 1.29 is 9.52 Å². The number of hydrogen-bond acceptors (Lipinski definition) is 5. The molecule has 1 aliphatic carbocycles. The Morgan fingerprint density at radius 3 is 2.81 bits per heavy atom. The van der Waals surface area contributed by atoms with Crippen LogP contribution in [-0.2, 0) is 0 Å². The first-order valence-electron chi connectivity index (χ1n) is 7.13. The molecule has 0 bridgehead atoms. The van der Waals surface area contributed by atoms with E-state index >= 15 is 0 Å². The molecule has 0 amide bonds. The zero-order valence-electron chi connectivity index (χ0n) is 11.4. The molecule has 1 atom stereocenters. The van der Waals surface area contributed by atoms with Crippen LogP contribution in [0, 0.1) is 5.92 Å². The largest absolute Gasteiger partial charge is 0.424 e. The van der Waals surface area contributed by atoms with Crippen molar-refractivity contribution in [3.8, 4) is 0 Å². The Kier molecular flexibility index (Phi) is 3.16. The van der Waals surface area contributed by atoms with Crippen LogP contribution in [0.5, 0.6) is 0 Å². The number of aliphatic hydroxyl groups is 1. The van der Waals surface area contributed by atoms with Gasteiger partial charge in [0.25, 0.3) is 6.01 Å². The highest BCUT2D eigenvalue weighted by atomic mass is 32.1. The zero-order chi connectivity index (χ0) is 14.2. The average molecular weight is 300 g/mol. The molecule has 2 heterocycles. The topological polar surface area (TPSA) is 58.3 Å². The van der Waals surface area contributed by atoms with Gasteiger partial charge in [0.05, 0.1) is 12.1 Å². The van der Waals surface area contributed by atoms with Crippen LogP contribution in [0.3, 0.4) is 0 Å². The summed E-state index contributed by atoms with van der Waals surface area (Å²) in [7, 11) is 0. The molecule has 0 saturated heterocycles. The third-order valence-corrected chi connectivity index (χ3v) is 5.00. The fourth-order valence-electron chi connectivity index (χ4n) is 2.86. The number of para-hydroxylation sites is 2. The Labute approximate surface area is 126 Å². The number of rotatable bonds is 4. The minimum Gasteiger partial charge on any atom is -0.424 e. The van der Waals surface area contributed by atoms with E-state index in [4.69, 9.17) is 4.42 Å². The number of aromatic nitrogens is 1. The van der Waals surface area contributed by atoms with Gasteiger partial charge in [-0.05, 0) is 42.3 Å². The Morgan fingerprint density at radius 1 is 1.24 bits per heavy atom. The summed E-state index contributed by atoms with van der Waals surface area (Å²) in [6.07, 6.45) is 1.49. The molecule has 4 rings (SSSR count). The number of nitrogens with zero attached hydrogens (tertiary/aromatic N) is 1. The molecule has 1 aliphatic rings. The summed E-state index contributed by atoms with van der Waals surface area (Å²) in [6, 6.07) is 12.6. The monoisotopic (exact) mass is 300 g/mol. The van der Waals surface area contributed by atoms with Crippen molar-refractivity contribution in [2.24, 2.45) is 5.92 Å². The molecule has 108 valence electrons. The van der Waals surface area contributed by atoms with Crippen LogP contribution >= 0.6 is 11.3 Å². The van der Waals surface area contributed by atoms with Gasteiger partial charge >= 0.3 is 0 Å². The van der Waals surface area contributed by atoms with Gasteiger partial charge in [-0.3, -0.25) is 0 Å². The van der Waals surface area contributed by atoms with Crippen molar-refractivity contribution in [2.45, 2.75) is 25.0 Å². The van der Waals surface area contributed by atoms with E-state index in [0.29, 0.717) is 11.9 Å². The zero-order valence-corrected chi connectivity index (χ0v) is 12.2. The van der Waals surface area contributed by atoms with E-state index in [9.17, 15) is 5.11 Å². The van der Waals surface area contributed by atoms with Gasteiger partial charge in [0.15, 0.2) is 5.58 Å². The van der Waals surface area contributed by atoms with Gasteiger partial charge in [-0.15, -0.1) is 11.3 Å². The predicted molar refractivity (Wildman–Crippen MR) is 83.4 cm³/mol. The third-order valence-electron chi connectivity index (χ3n) is 4.04. The molecule has 2 N–H and O–H groups in total. The predicted octanol–water partition coefficient (Wildman–Crippen LogP) is 3.81. The normalized spacial score (nSPS) is 22.9. The maximum atomic E-state index is 9.58. The standard InChI is InChI=1S/C16H16N2O2S/c19-11-8-10(9-11)15(14-6-3-7-21-14)18-16-17-12-4-1-2-5-13(12)20-16/h1-7,10-11,15,19H,8-9H2,(H,17,18)/t10?,11?,15-/m1/s1. The SMILES string of the molecule is OC1CC([C@@H](Nc2nc3ccccc3o2)c2cccs2)C1. The Bertz CT molecular complexity index is 699. The molecule has 1 fully saturated rings. The fourth-order valence-corrected chi connectivity index (χ4v) is 3.73. The second kappa shape index (κ2) is 5.16. The number of benzene rings is 1. The lowest BCUT2D eigenvalue weighted by atomic mass is 9.77. The van der Waals surface area contributed by atoms with Gasteiger partial charge < -0.3 is 14.8 Å². The maximum Gasteiger partial charge on any atom is 0.296 e. The molecule has 0 radical (unpaired) electrons. The summed E-state index contributed by atoms with van der Waals surface area (Å²) in [5.74, 6) is 0.425. The summed E-state index contributed by atoms with van der Waals surface area (Å²) < 4.78 is 5.76. The van der Waals surface area contributed by atoms with Gasteiger partial charge in [-0.25, -0.2) is 0 Å². The van der Waals surface area contributed by atoms with Crippen LogP contribution in [0.1, 0.15) is 23.8 Å². The van der Waals surface area contributed by atoms with Crippen LogP contribution in [0.2, 0.25) is 0 Å². The minimum atomic E-state index is -0.164. The van der Waals surface area contributed by atoms with Gasteiger partial charge in [0, 0.05) is 4.88 Å². The van der Waals surface area contributed by atoms with Gasteiger partial charge in [-0.2, -0.15) is 4.98 Å². The van der Waals surface area contributed by atoms with Gasteiger partial charge in [0.1, 0.15) is 5.52 Å². The number of thiophene rings is 1. The molecular weight excluding hydrogens is 284 g/mol. The molecule has 0 aliphatic heterocycles. The van der Waals surface area contributed by atoms with Crippen LogP contribution in [0.4, 0.5) is 6.01 Å². The van der Waals surface area contributed by atoms with Crippen LogP contribution in [0.15, 0.2) is 46.2 Å². The smallest absolute Gasteiger partial charge is 0.296 e. The molecule has 4 nitrogen and oxygen atoms in total. The average Bonchev–Trinajstić information content (AvgIpc) is 3.10. The van der Waals surface area contributed by atoms with Crippen molar-refractivity contribution in [3.05, 3.63) is 46.7 Å². The first kappa shape index (κ1) is 12.9. The summed E-state index contributed by atoms with van der Waals surface area (Å²) >= 11 is 1.72. The number of anilines is 1. The quantitative estimate of drug-likeness (QED) is 0.769.